The van der Waals surface area contributed by atoms with Crippen LogP contribution in [-0.2, 0) is 6.54 Å². The van der Waals surface area contributed by atoms with Crippen LogP contribution in [0.3, 0.4) is 0 Å². The fraction of sp³-hybridized carbons (Fsp3) is 0.0667. The molecule has 4 heteroatoms. The minimum Gasteiger partial charge on any atom is -0.326 e. The Kier molecular flexibility index (Phi) is 2.07. The third kappa shape index (κ3) is 1.37. The van der Waals surface area contributed by atoms with Crippen LogP contribution in [0.25, 0.3) is 27.7 Å². The van der Waals surface area contributed by atoms with Crippen molar-refractivity contribution in [2.24, 2.45) is 5.73 Å². The molecule has 0 atom stereocenters. The molecule has 0 saturated carbocycles. The van der Waals surface area contributed by atoms with Gasteiger partial charge in [0.1, 0.15) is 5.52 Å². The van der Waals surface area contributed by atoms with E-state index in [2.05, 4.69) is 10.5 Å². The van der Waals surface area contributed by atoms with E-state index in [-0.39, 0.29) is 0 Å². The van der Waals surface area contributed by atoms with Crippen molar-refractivity contribution in [1.29, 1.82) is 0 Å². The van der Waals surface area contributed by atoms with Crippen LogP contribution in [0.5, 0.6) is 0 Å². The molecule has 0 aliphatic rings. The Morgan fingerprint density at radius 3 is 2.47 bits per heavy atom. The van der Waals surface area contributed by atoms with Gasteiger partial charge in [0.15, 0.2) is 5.65 Å². The lowest BCUT2D eigenvalue weighted by atomic mass is 10.2. The molecule has 2 N–H and O–H groups in total. The van der Waals surface area contributed by atoms with Crippen LogP contribution in [0, 0.1) is 0 Å². The number of aromatic nitrogens is 3. The predicted octanol–water partition coefficient (Wildman–Crippen LogP) is 2.49. The zero-order valence-electron chi connectivity index (χ0n) is 10.2. The Bertz CT molecular complexity index is 908. The highest BCUT2D eigenvalue weighted by atomic mass is 15.0. The summed E-state index contributed by atoms with van der Waals surface area (Å²) in [5, 5.41) is 0. The summed E-state index contributed by atoms with van der Waals surface area (Å²) in [5.41, 5.74) is 11.6. The van der Waals surface area contributed by atoms with Crippen molar-refractivity contribution in [3.63, 3.8) is 0 Å². The first-order valence-corrected chi connectivity index (χ1v) is 6.23. The van der Waals surface area contributed by atoms with E-state index in [9.17, 15) is 0 Å². The van der Waals surface area contributed by atoms with Gasteiger partial charge < -0.3 is 5.73 Å². The third-order valence-corrected chi connectivity index (χ3v) is 3.44. The molecule has 4 rings (SSSR count). The normalized spacial score (nSPS) is 11.6. The lowest BCUT2D eigenvalue weighted by molar-refractivity contribution is 1.09. The monoisotopic (exact) mass is 248 g/mol. The fourth-order valence-corrected chi connectivity index (χ4v) is 2.56. The molecule has 4 nitrogen and oxygen atoms in total. The van der Waals surface area contributed by atoms with Crippen molar-refractivity contribution in [3.8, 4) is 0 Å². The first kappa shape index (κ1) is 10.5. The summed E-state index contributed by atoms with van der Waals surface area (Å²) in [4.78, 5) is 9.44. The van der Waals surface area contributed by atoms with Crippen LogP contribution in [0.2, 0.25) is 0 Å². The molecule has 3 heterocycles. The summed E-state index contributed by atoms with van der Waals surface area (Å²) in [6, 6.07) is 14.0. The maximum atomic E-state index is 5.89. The van der Waals surface area contributed by atoms with Crippen LogP contribution >= 0.6 is 0 Å². The summed E-state index contributed by atoms with van der Waals surface area (Å²) < 4.78 is 2.05. The summed E-state index contributed by atoms with van der Waals surface area (Å²) in [6.07, 6.45) is 2.00. The Balaban J connectivity index is 2.29. The van der Waals surface area contributed by atoms with Crippen LogP contribution in [0.15, 0.2) is 48.7 Å². The number of pyridine rings is 1. The minimum atomic E-state index is 0.462. The molecule has 0 saturated heterocycles. The van der Waals surface area contributed by atoms with E-state index in [0.29, 0.717) is 6.54 Å². The topological polar surface area (TPSA) is 56.2 Å². The van der Waals surface area contributed by atoms with Gasteiger partial charge >= 0.3 is 0 Å². The molecule has 0 aliphatic carbocycles. The van der Waals surface area contributed by atoms with Crippen molar-refractivity contribution >= 4 is 27.7 Å². The average molecular weight is 248 g/mol. The highest BCUT2D eigenvalue weighted by Crippen LogP contribution is 2.25. The summed E-state index contributed by atoms with van der Waals surface area (Å²) in [6.45, 7) is 0.462. The number of para-hydroxylation sites is 2. The molecule has 0 aliphatic heterocycles. The second-order valence-electron chi connectivity index (χ2n) is 4.52. The molecule has 19 heavy (non-hydrogen) atoms. The van der Waals surface area contributed by atoms with Gasteiger partial charge in [-0.1, -0.05) is 18.2 Å². The van der Waals surface area contributed by atoms with Gasteiger partial charge in [0.25, 0.3) is 0 Å². The molecule has 3 aromatic heterocycles. The Hall–Kier alpha value is -2.46. The van der Waals surface area contributed by atoms with Crippen LogP contribution in [-0.4, -0.2) is 14.4 Å². The van der Waals surface area contributed by atoms with Crippen molar-refractivity contribution in [2.75, 3.05) is 0 Å². The molecule has 0 radical (unpaired) electrons. The minimum absolute atomic E-state index is 0.462. The van der Waals surface area contributed by atoms with Crippen molar-refractivity contribution in [3.05, 3.63) is 54.2 Å². The summed E-state index contributed by atoms with van der Waals surface area (Å²) in [7, 11) is 0. The molecular formula is C15H12N4. The van der Waals surface area contributed by atoms with Crippen LogP contribution in [0.4, 0.5) is 0 Å². The zero-order chi connectivity index (χ0) is 12.8. The standard InChI is InChI=1S/C15H12N4/c16-9-10-13-7-3-4-8-19(13)15-14(10)17-11-5-1-2-6-12(11)18-15/h1-8H,9,16H2. The number of fused-ring (bicyclic) bond motifs is 4. The molecule has 0 spiro atoms. The average Bonchev–Trinajstić information content (AvgIpc) is 2.78. The van der Waals surface area contributed by atoms with Crippen LogP contribution in [0.1, 0.15) is 5.56 Å². The van der Waals surface area contributed by atoms with Crippen molar-refractivity contribution < 1.29 is 0 Å². The first-order chi connectivity index (χ1) is 9.38. The third-order valence-electron chi connectivity index (χ3n) is 3.44. The number of nitrogens with zero attached hydrogens (tertiary/aromatic N) is 3. The maximum absolute atomic E-state index is 5.89. The highest BCUT2D eigenvalue weighted by molar-refractivity contribution is 5.92. The van der Waals surface area contributed by atoms with Crippen LogP contribution < -0.4 is 5.73 Å². The van der Waals surface area contributed by atoms with Gasteiger partial charge in [0.2, 0.25) is 0 Å². The quantitative estimate of drug-likeness (QED) is 0.563. The fourth-order valence-electron chi connectivity index (χ4n) is 2.56. The van der Waals surface area contributed by atoms with Gasteiger partial charge in [-0.05, 0) is 24.3 Å². The number of rotatable bonds is 1. The lowest BCUT2D eigenvalue weighted by Crippen LogP contribution is -1.96. The number of nitrogens with two attached hydrogens (primary N) is 1. The van der Waals surface area contributed by atoms with Gasteiger partial charge in [-0.2, -0.15) is 0 Å². The second-order valence-corrected chi connectivity index (χ2v) is 4.52. The van der Waals surface area contributed by atoms with E-state index < -0.39 is 0 Å². The molecular weight excluding hydrogens is 236 g/mol. The Morgan fingerprint density at radius 2 is 1.68 bits per heavy atom. The highest BCUT2D eigenvalue weighted by Gasteiger charge is 2.13. The van der Waals surface area contributed by atoms with Gasteiger partial charge in [-0.15, -0.1) is 0 Å². The Morgan fingerprint density at radius 1 is 0.947 bits per heavy atom. The van der Waals surface area contributed by atoms with Gasteiger partial charge in [0, 0.05) is 18.3 Å². The molecule has 4 aromatic rings. The van der Waals surface area contributed by atoms with Gasteiger partial charge in [-0.3, -0.25) is 4.40 Å². The molecule has 0 amide bonds. The molecule has 1 aromatic carbocycles. The van der Waals surface area contributed by atoms with E-state index >= 15 is 0 Å². The first-order valence-electron chi connectivity index (χ1n) is 6.23. The van der Waals surface area contributed by atoms with E-state index in [4.69, 9.17) is 15.7 Å². The predicted molar refractivity (Wildman–Crippen MR) is 75.9 cm³/mol. The lowest BCUT2D eigenvalue weighted by Gasteiger charge is -1.98. The molecule has 0 unspecified atom stereocenters. The van der Waals surface area contributed by atoms with Crippen molar-refractivity contribution in [1.82, 2.24) is 14.4 Å². The molecule has 92 valence electrons. The smallest absolute Gasteiger partial charge is 0.164 e. The maximum Gasteiger partial charge on any atom is 0.164 e. The van der Waals surface area contributed by atoms with Gasteiger partial charge in [0.05, 0.1) is 16.6 Å². The molecule has 0 bridgehead atoms. The second kappa shape index (κ2) is 3.76. The van der Waals surface area contributed by atoms with Gasteiger partial charge in [-0.25, -0.2) is 9.97 Å². The number of benzene rings is 1. The van der Waals surface area contributed by atoms with E-state index in [1.165, 1.54) is 0 Å². The summed E-state index contributed by atoms with van der Waals surface area (Å²) >= 11 is 0. The van der Waals surface area contributed by atoms with E-state index in [0.717, 1.165) is 33.3 Å². The van der Waals surface area contributed by atoms with E-state index in [1.54, 1.807) is 0 Å². The SMILES string of the molecule is NCc1c2nc3ccccc3nc2n2ccccc12. The summed E-state index contributed by atoms with van der Waals surface area (Å²) in [5.74, 6) is 0. The number of hydrogen-bond donors (Lipinski definition) is 1. The van der Waals surface area contributed by atoms with E-state index in [1.807, 2.05) is 42.6 Å². The van der Waals surface area contributed by atoms with Crippen molar-refractivity contribution in [2.45, 2.75) is 6.54 Å². The largest absolute Gasteiger partial charge is 0.326 e. The Labute approximate surface area is 109 Å². The number of hydrogen-bond acceptors (Lipinski definition) is 3. The zero-order valence-corrected chi connectivity index (χ0v) is 10.2. The molecule has 0 fully saturated rings.